The average molecular weight is 380 g/mol. The first kappa shape index (κ1) is 19.9. The van der Waals surface area contributed by atoms with E-state index < -0.39 is 5.97 Å². The predicted octanol–water partition coefficient (Wildman–Crippen LogP) is 4.36. The van der Waals surface area contributed by atoms with Crippen LogP contribution in [0.15, 0.2) is 48.5 Å². The SMILES string of the molecule is CC(NC(=O)C(C)c1ccc(C(=O)O)cc1)c1ccccc1N1CCCCC1. The minimum atomic E-state index is -0.966. The first-order valence-corrected chi connectivity index (χ1v) is 9.95. The van der Waals surface area contributed by atoms with Gasteiger partial charge in [-0.05, 0) is 62.4 Å². The molecule has 5 heteroatoms. The van der Waals surface area contributed by atoms with Crippen LogP contribution >= 0.6 is 0 Å². The molecule has 0 bridgehead atoms. The molecule has 0 saturated carbocycles. The first-order valence-electron chi connectivity index (χ1n) is 9.95. The molecular formula is C23H28N2O3. The van der Waals surface area contributed by atoms with E-state index in [0.29, 0.717) is 0 Å². The van der Waals surface area contributed by atoms with Crippen LogP contribution in [0.1, 0.15) is 66.6 Å². The Hall–Kier alpha value is -2.82. The maximum Gasteiger partial charge on any atom is 0.335 e. The van der Waals surface area contributed by atoms with Gasteiger partial charge < -0.3 is 15.3 Å². The first-order chi connectivity index (χ1) is 13.5. The van der Waals surface area contributed by atoms with Crippen LogP contribution in [0.4, 0.5) is 5.69 Å². The molecular weight excluding hydrogens is 352 g/mol. The number of carbonyl (C=O) groups excluding carboxylic acids is 1. The number of hydrogen-bond donors (Lipinski definition) is 2. The van der Waals surface area contributed by atoms with E-state index in [1.165, 1.54) is 37.1 Å². The lowest BCUT2D eigenvalue weighted by Crippen LogP contribution is -2.34. The summed E-state index contributed by atoms with van der Waals surface area (Å²) in [6, 6.07) is 14.7. The standard InChI is InChI=1S/C23H28N2O3/c1-16(18-10-12-19(13-11-18)23(27)28)22(26)24-17(2)20-8-4-5-9-21(20)25-14-6-3-7-15-25/h4-5,8-13,16-17H,3,6-7,14-15H2,1-2H3,(H,24,26)(H,27,28). The quantitative estimate of drug-likeness (QED) is 0.781. The molecule has 28 heavy (non-hydrogen) atoms. The highest BCUT2D eigenvalue weighted by Crippen LogP contribution is 2.29. The second-order valence-electron chi connectivity index (χ2n) is 7.49. The fourth-order valence-electron chi connectivity index (χ4n) is 3.76. The highest BCUT2D eigenvalue weighted by atomic mass is 16.4. The number of amides is 1. The molecule has 2 N–H and O–H groups in total. The molecule has 2 atom stereocenters. The number of aromatic carboxylic acids is 1. The van der Waals surface area contributed by atoms with E-state index in [1.54, 1.807) is 12.1 Å². The Morgan fingerprint density at radius 3 is 2.25 bits per heavy atom. The van der Waals surface area contributed by atoms with Gasteiger partial charge in [-0.25, -0.2) is 4.79 Å². The van der Waals surface area contributed by atoms with Crippen molar-refractivity contribution in [3.63, 3.8) is 0 Å². The number of rotatable bonds is 6. The van der Waals surface area contributed by atoms with Crippen molar-refractivity contribution in [1.82, 2.24) is 5.32 Å². The predicted molar refractivity (Wildman–Crippen MR) is 111 cm³/mol. The molecule has 1 heterocycles. The van der Waals surface area contributed by atoms with E-state index in [9.17, 15) is 9.59 Å². The van der Waals surface area contributed by atoms with Crippen LogP contribution in [-0.4, -0.2) is 30.1 Å². The number of hydrogen-bond acceptors (Lipinski definition) is 3. The zero-order valence-corrected chi connectivity index (χ0v) is 16.5. The number of para-hydroxylation sites is 1. The van der Waals surface area contributed by atoms with E-state index >= 15 is 0 Å². The van der Waals surface area contributed by atoms with E-state index in [-0.39, 0.29) is 23.4 Å². The van der Waals surface area contributed by atoms with Gasteiger partial charge in [-0.3, -0.25) is 4.79 Å². The Morgan fingerprint density at radius 1 is 0.964 bits per heavy atom. The molecule has 0 spiro atoms. The van der Waals surface area contributed by atoms with Crippen LogP contribution in [-0.2, 0) is 4.79 Å². The lowest BCUT2D eigenvalue weighted by atomic mass is 9.97. The summed E-state index contributed by atoms with van der Waals surface area (Å²) in [7, 11) is 0. The zero-order chi connectivity index (χ0) is 20.1. The minimum Gasteiger partial charge on any atom is -0.478 e. The summed E-state index contributed by atoms with van der Waals surface area (Å²) >= 11 is 0. The Bertz CT molecular complexity index is 826. The van der Waals surface area contributed by atoms with Gasteiger partial charge in [0.15, 0.2) is 0 Å². The molecule has 2 unspecified atom stereocenters. The molecule has 3 rings (SSSR count). The van der Waals surface area contributed by atoms with Gasteiger partial charge in [0.2, 0.25) is 5.91 Å². The Morgan fingerprint density at radius 2 is 1.61 bits per heavy atom. The third-order valence-corrected chi connectivity index (χ3v) is 5.51. The number of benzene rings is 2. The van der Waals surface area contributed by atoms with Gasteiger partial charge in [0.05, 0.1) is 17.5 Å². The molecule has 0 aliphatic carbocycles. The number of anilines is 1. The van der Waals surface area contributed by atoms with Crippen molar-refractivity contribution in [2.24, 2.45) is 0 Å². The van der Waals surface area contributed by atoms with E-state index in [1.807, 2.05) is 19.9 Å². The maximum atomic E-state index is 12.8. The highest BCUT2D eigenvalue weighted by molar-refractivity contribution is 5.88. The number of nitrogens with one attached hydrogen (secondary N) is 1. The lowest BCUT2D eigenvalue weighted by molar-refractivity contribution is -0.122. The molecule has 0 aromatic heterocycles. The van der Waals surface area contributed by atoms with E-state index in [4.69, 9.17) is 5.11 Å². The van der Waals surface area contributed by atoms with Crippen molar-refractivity contribution in [2.45, 2.75) is 45.1 Å². The third kappa shape index (κ3) is 4.53. The van der Waals surface area contributed by atoms with Gasteiger partial charge in [0.25, 0.3) is 0 Å². The smallest absolute Gasteiger partial charge is 0.335 e. The van der Waals surface area contributed by atoms with Gasteiger partial charge in [-0.1, -0.05) is 30.3 Å². The summed E-state index contributed by atoms with van der Waals surface area (Å²) in [4.78, 5) is 26.2. The summed E-state index contributed by atoms with van der Waals surface area (Å²) in [6.45, 7) is 5.98. The molecule has 2 aromatic rings. The lowest BCUT2D eigenvalue weighted by Gasteiger charge is -2.32. The van der Waals surface area contributed by atoms with Crippen molar-refractivity contribution in [2.75, 3.05) is 18.0 Å². The summed E-state index contributed by atoms with van der Waals surface area (Å²) in [6.07, 6.45) is 3.69. The van der Waals surface area contributed by atoms with Gasteiger partial charge in [0, 0.05) is 18.8 Å². The number of carboxylic acids is 1. The summed E-state index contributed by atoms with van der Waals surface area (Å²) in [5, 5.41) is 12.1. The van der Waals surface area contributed by atoms with Crippen LogP contribution in [0, 0.1) is 0 Å². The van der Waals surface area contributed by atoms with E-state index in [0.717, 1.165) is 24.2 Å². The monoisotopic (exact) mass is 380 g/mol. The average Bonchev–Trinajstić information content (AvgIpc) is 2.73. The second kappa shape index (κ2) is 8.91. The van der Waals surface area contributed by atoms with Crippen molar-refractivity contribution in [3.8, 4) is 0 Å². The zero-order valence-electron chi connectivity index (χ0n) is 16.5. The third-order valence-electron chi connectivity index (χ3n) is 5.51. The van der Waals surface area contributed by atoms with Crippen LogP contribution in [0.3, 0.4) is 0 Å². The van der Waals surface area contributed by atoms with Crippen LogP contribution in [0.25, 0.3) is 0 Å². The number of nitrogens with zero attached hydrogens (tertiary/aromatic N) is 1. The van der Waals surface area contributed by atoms with Crippen LogP contribution in [0.5, 0.6) is 0 Å². The van der Waals surface area contributed by atoms with E-state index in [2.05, 4.69) is 28.4 Å². The molecule has 0 radical (unpaired) electrons. The van der Waals surface area contributed by atoms with Gasteiger partial charge in [-0.15, -0.1) is 0 Å². The van der Waals surface area contributed by atoms with Crippen molar-refractivity contribution >= 4 is 17.6 Å². The normalized spacial score (nSPS) is 16.3. The fourth-order valence-corrected chi connectivity index (χ4v) is 3.76. The molecule has 2 aromatic carbocycles. The second-order valence-corrected chi connectivity index (χ2v) is 7.49. The maximum absolute atomic E-state index is 12.8. The molecule has 1 aliphatic heterocycles. The molecule has 1 amide bonds. The van der Waals surface area contributed by atoms with Crippen molar-refractivity contribution in [3.05, 3.63) is 65.2 Å². The highest BCUT2D eigenvalue weighted by Gasteiger charge is 2.21. The topological polar surface area (TPSA) is 69.6 Å². The summed E-state index contributed by atoms with van der Waals surface area (Å²) in [5.41, 5.74) is 3.36. The molecule has 148 valence electrons. The number of carboxylic acid groups (broad SMARTS) is 1. The summed E-state index contributed by atoms with van der Waals surface area (Å²) < 4.78 is 0. The minimum absolute atomic E-state index is 0.0657. The largest absolute Gasteiger partial charge is 0.478 e. The molecule has 1 saturated heterocycles. The van der Waals surface area contributed by atoms with Crippen molar-refractivity contribution < 1.29 is 14.7 Å². The number of piperidine rings is 1. The summed E-state index contributed by atoms with van der Waals surface area (Å²) in [5.74, 6) is -1.39. The number of carbonyl (C=O) groups is 2. The van der Waals surface area contributed by atoms with Crippen LogP contribution in [0.2, 0.25) is 0 Å². The Kier molecular flexibility index (Phi) is 6.34. The van der Waals surface area contributed by atoms with Gasteiger partial charge >= 0.3 is 5.97 Å². The molecule has 5 nitrogen and oxygen atoms in total. The molecule has 1 aliphatic rings. The van der Waals surface area contributed by atoms with Gasteiger partial charge in [-0.2, -0.15) is 0 Å². The Balaban J connectivity index is 1.71. The fraction of sp³-hybridized carbons (Fsp3) is 0.391. The Labute approximate surface area is 166 Å². The molecule has 1 fully saturated rings. The van der Waals surface area contributed by atoms with Gasteiger partial charge in [0.1, 0.15) is 0 Å². The van der Waals surface area contributed by atoms with Crippen molar-refractivity contribution in [1.29, 1.82) is 0 Å². The van der Waals surface area contributed by atoms with Crippen LogP contribution < -0.4 is 10.2 Å².